The number of carbonyl (C=O) groups is 8. The lowest BCUT2D eigenvalue weighted by molar-refractivity contribution is 0.0571. The SMILES string of the molecule is CC(C)(CCN1C(=O)c2ccc(-c3ccc4c(c3)C(=O)N(c3ncccn3)C4=O)cc2C1=O)CCC(C)(C)CN1C(=O)c2ccc(-c3ccc4c(c3)C(=O)N(c3ncccn3)C4=O)cc2C1=O. The van der Waals surface area contributed by atoms with Crippen LogP contribution >= 0.6 is 0 Å². The van der Waals surface area contributed by atoms with Crippen molar-refractivity contribution in [1.82, 2.24) is 29.7 Å². The van der Waals surface area contributed by atoms with Crippen LogP contribution in [0.2, 0.25) is 0 Å². The zero-order valence-electron chi connectivity index (χ0n) is 36.8. The standard InChI is InChI=1S/C51H40N8O8/c1-50(2,17-22-56-40(60)32-11-7-28(23-36(32)42(56)62)30-9-13-34-38(25-30)46(66)58(44(34)64)48-52-18-5-19-53-48)15-16-51(3,4)27-57-41(61)33-12-8-29(24-37(33)43(57)63)31-10-14-35-39(26-31)47(67)59(45(35)65)49-54-20-6-21-55-49/h5-14,18-21,23-26H,15-17,22,27H2,1-4H3. The highest BCUT2D eigenvalue weighted by Crippen LogP contribution is 2.39. The highest BCUT2D eigenvalue weighted by molar-refractivity contribution is 6.35. The third kappa shape index (κ3) is 7.17. The van der Waals surface area contributed by atoms with E-state index in [1.165, 1.54) is 34.6 Å². The maximum atomic E-state index is 13.9. The molecule has 0 saturated carbocycles. The van der Waals surface area contributed by atoms with Crippen molar-refractivity contribution in [2.24, 2.45) is 10.8 Å². The van der Waals surface area contributed by atoms with Crippen LogP contribution in [0.25, 0.3) is 22.3 Å². The van der Waals surface area contributed by atoms with E-state index in [4.69, 9.17) is 0 Å². The van der Waals surface area contributed by atoms with Gasteiger partial charge in [-0.15, -0.1) is 0 Å². The van der Waals surface area contributed by atoms with Gasteiger partial charge in [-0.2, -0.15) is 0 Å². The molecule has 4 aliphatic heterocycles. The number of fused-ring (bicyclic) bond motifs is 4. The summed E-state index contributed by atoms with van der Waals surface area (Å²) < 4.78 is 0. The summed E-state index contributed by atoms with van der Waals surface area (Å²) in [6.45, 7) is 8.44. The lowest BCUT2D eigenvalue weighted by Gasteiger charge is -2.34. The average molecular weight is 893 g/mol. The highest BCUT2D eigenvalue weighted by atomic mass is 16.2. The fourth-order valence-corrected chi connectivity index (χ4v) is 9.03. The Labute approximate surface area is 383 Å². The Morgan fingerprint density at radius 3 is 1.10 bits per heavy atom. The quantitative estimate of drug-likeness (QED) is 0.111. The van der Waals surface area contributed by atoms with E-state index in [1.54, 1.807) is 84.9 Å². The van der Waals surface area contributed by atoms with Crippen molar-refractivity contribution in [2.45, 2.75) is 47.0 Å². The van der Waals surface area contributed by atoms with Gasteiger partial charge in [0.15, 0.2) is 0 Å². The first-order valence-corrected chi connectivity index (χ1v) is 21.6. The molecule has 6 heterocycles. The highest BCUT2D eigenvalue weighted by Gasteiger charge is 2.43. The molecule has 2 aromatic heterocycles. The summed E-state index contributed by atoms with van der Waals surface area (Å²) in [6.07, 6.45) is 7.57. The van der Waals surface area contributed by atoms with E-state index in [1.807, 2.05) is 13.8 Å². The molecule has 8 amide bonds. The largest absolute Gasteiger partial charge is 0.274 e. The van der Waals surface area contributed by atoms with E-state index in [-0.39, 0.29) is 74.9 Å². The number of hydrogen-bond acceptors (Lipinski definition) is 12. The molecular weight excluding hydrogens is 853 g/mol. The molecule has 10 rings (SSSR count). The number of benzene rings is 4. The second kappa shape index (κ2) is 15.6. The van der Waals surface area contributed by atoms with Crippen LogP contribution in [0.4, 0.5) is 11.9 Å². The van der Waals surface area contributed by atoms with Gasteiger partial charge in [-0.25, -0.2) is 29.7 Å². The Morgan fingerprint density at radius 2 is 0.687 bits per heavy atom. The zero-order valence-corrected chi connectivity index (χ0v) is 36.8. The van der Waals surface area contributed by atoms with Crippen molar-refractivity contribution in [3.05, 3.63) is 154 Å². The predicted octanol–water partition coefficient (Wildman–Crippen LogP) is 7.32. The van der Waals surface area contributed by atoms with Crippen LogP contribution in [0.1, 0.15) is 130 Å². The molecule has 4 aliphatic rings. The molecule has 0 radical (unpaired) electrons. The van der Waals surface area contributed by atoms with E-state index in [9.17, 15) is 38.4 Å². The van der Waals surface area contributed by atoms with Crippen LogP contribution in [0.15, 0.2) is 110 Å². The van der Waals surface area contributed by atoms with Crippen LogP contribution in [-0.2, 0) is 0 Å². The molecule has 16 heteroatoms. The molecule has 0 spiro atoms. The van der Waals surface area contributed by atoms with E-state index < -0.39 is 52.7 Å². The molecule has 0 atom stereocenters. The maximum Gasteiger partial charge on any atom is 0.268 e. The van der Waals surface area contributed by atoms with Gasteiger partial charge < -0.3 is 0 Å². The van der Waals surface area contributed by atoms with E-state index in [0.717, 1.165) is 9.80 Å². The molecule has 0 N–H and O–H groups in total. The van der Waals surface area contributed by atoms with Gasteiger partial charge in [-0.3, -0.25) is 48.2 Å². The molecule has 0 aliphatic carbocycles. The number of hydrogen-bond donors (Lipinski definition) is 0. The smallest absolute Gasteiger partial charge is 0.268 e. The second-order valence-corrected chi connectivity index (χ2v) is 18.6. The molecule has 0 fully saturated rings. The van der Waals surface area contributed by atoms with Crippen LogP contribution in [0.3, 0.4) is 0 Å². The van der Waals surface area contributed by atoms with Gasteiger partial charge in [0.1, 0.15) is 0 Å². The number of anilines is 2. The van der Waals surface area contributed by atoms with Crippen molar-refractivity contribution >= 4 is 59.2 Å². The van der Waals surface area contributed by atoms with Gasteiger partial charge in [-0.05, 0) is 113 Å². The summed E-state index contributed by atoms with van der Waals surface area (Å²) in [5.41, 5.74) is 3.40. The van der Waals surface area contributed by atoms with E-state index in [2.05, 4.69) is 33.8 Å². The topological polar surface area (TPSA) is 201 Å². The molecule has 0 unspecified atom stereocenters. The Bertz CT molecular complexity index is 3200. The fraction of sp³-hybridized carbons (Fsp3) is 0.216. The molecule has 67 heavy (non-hydrogen) atoms. The summed E-state index contributed by atoms with van der Waals surface area (Å²) in [5.74, 6) is -3.86. The lowest BCUT2D eigenvalue weighted by atomic mass is 9.77. The number of imide groups is 4. The predicted molar refractivity (Wildman–Crippen MR) is 242 cm³/mol. The van der Waals surface area contributed by atoms with Crippen molar-refractivity contribution in [1.29, 1.82) is 0 Å². The minimum absolute atomic E-state index is 0.0229. The van der Waals surface area contributed by atoms with E-state index in [0.29, 0.717) is 41.5 Å². The van der Waals surface area contributed by atoms with Gasteiger partial charge >= 0.3 is 0 Å². The minimum Gasteiger partial charge on any atom is -0.274 e. The van der Waals surface area contributed by atoms with Crippen LogP contribution in [-0.4, -0.2) is 90.1 Å². The summed E-state index contributed by atoms with van der Waals surface area (Å²) >= 11 is 0. The normalized spacial score (nSPS) is 15.6. The van der Waals surface area contributed by atoms with Gasteiger partial charge in [0.2, 0.25) is 11.9 Å². The summed E-state index contributed by atoms with van der Waals surface area (Å²) in [6, 6.07) is 22.8. The monoisotopic (exact) mass is 892 g/mol. The van der Waals surface area contributed by atoms with Crippen molar-refractivity contribution < 1.29 is 38.4 Å². The number of nitrogens with zero attached hydrogens (tertiary/aromatic N) is 8. The first-order valence-electron chi connectivity index (χ1n) is 21.6. The number of amides is 8. The molecule has 4 aromatic carbocycles. The average Bonchev–Trinajstić information content (AvgIpc) is 3.92. The molecule has 16 nitrogen and oxygen atoms in total. The number of aromatic nitrogens is 4. The van der Waals surface area contributed by atoms with Gasteiger partial charge in [0, 0.05) is 37.9 Å². The second-order valence-electron chi connectivity index (χ2n) is 18.6. The third-order valence-electron chi connectivity index (χ3n) is 13.0. The molecule has 0 saturated heterocycles. The molecule has 332 valence electrons. The Morgan fingerprint density at radius 1 is 0.373 bits per heavy atom. The fourth-order valence-electron chi connectivity index (χ4n) is 9.03. The Hall–Kier alpha value is -8.40. The van der Waals surface area contributed by atoms with Crippen molar-refractivity contribution in [3.8, 4) is 22.3 Å². The van der Waals surface area contributed by atoms with Crippen LogP contribution in [0.5, 0.6) is 0 Å². The van der Waals surface area contributed by atoms with Crippen LogP contribution in [0, 0.1) is 10.8 Å². The summed E-state index contributed by atoms with van der Waals surface area (Å²) in [4.78, 5) is 128. The first kappa shape index (κ1) is 42.5. The molecular formula is C51H40N8O8. The maximum absolute atomic E-state index is 13.9. The lowest BCUT2D eigenvalue weighted by Crippen LogP contribution is -2.39. The molecule has 6 aromatic rings. The zero-order chi connectivity index (χ0) is 47.1. The minimum atomic E-state index is -0.558. The first-order chi connectivity index (χ1) is 32.0. The summed E-state index contributed by atoms with van der Waals surface area (Å²) in [7, 11) is 0. The van der Waals surface area contributed by atoms with Crippen molar-refractivity contribution in [2.75, 3.05) is 22.9 Å². The summed E-state index contributed by atoms with van der Waals surface area (Å²) in [5, 5.41) is 0. The third-order valence-corrected chi connectivity index (χ3v) is 13.0. The van der Waals surface area contributed by atoms with Crippen molar-refractivity contribution in [3.63, 3.8) is 0 Å². The van der Waals surface area contributed by atoms with E-state index >= 15 is 0 Å². The number of carbonyl (C=O) groups excluding carboxylic acids is 8. The van der Waals surface area contributed by atoms with Crippen LogP contribution < -0.4 is 9.80 Å². The Kier molecular flexibility index (Phi) is 9.94. The molecule has 0 bridgehead atoms. The number of rotatable bonds is 12. The van der Waals surface area contributed by atoms with Gasteiger partial charge in [0.25, 0.3) is 47.3 Å². The van der Waals surface area contributed by atoms with Gasteiger partial charge in [-0.1, -0.05) is 52.0 Å². The Balaban J connectivity index is 0.766. The van der Waals surface area contributed by atoms with Gasteiger partial charge in [0.05, 0.1) is 44.5 Å².